The number of H-pyrrole nitrogens is 1. The number of anilines is 1. The van der Waals surface area contributed by atoms with Gasteiger partial charge in [0.05, 0.1) is 12.0 Å². The summed E-state index contributed by atoms with van der Waals surface area (Å²) >= 11 is 0. The number of aromatic nitrogens is 2. The van der Waals surface area contributed by atoms with Crippen molar-refractivity contribution in [2.75, 3.05) is 5.32 Å². The molecule has 2 aromatic heterocycles. The number of hydrogen-bond donors (Lipinski definition) is 3. The summed E-state index contributed by atoms with van der Waals surface area (Å²) in [4.78, 5) is 30.8. The Bertz CT molecular complexity index is 929. The van der Waals surface area contributed by atoms with Gasteiger partial charge in [0.15, 0.2) is 0 Å². The average Bonchev–Trinajstić information content (AvgIpc) is 3.16. The third-order valence-corrected chi connectivity index (χ3v) is 3.91. The van der Waals surface area contributed by atoms with Gasteiger partial charge in [-0.1, -0.05) is 12.1 Å². The summed E-state index contributed by atoms with van der Waals surface area (Å²) in [6.07, 6.45) is 3.74. The monoisotopic (exact) mass is 306 g/mol. The number of nitrogens with one attached hydrogen (secondary N) is 3. The van der Waals surface area contributed by atoms with E-state index in [0.717, 1.165) is 27.8 Å². The molecule has 0 spiro atoms. The van der Waals surface area contributed by atoms with Gasteiger partial charge in [0.1, 0.15) is 5.65 Å². The van der Waals surface area contributed by atoms with Crippen molar-refractivity contribution in [1.29, 1.82) is 0 Å². The molecule has 3 heterocycles. The molecule has 6 nitrogen and oxygen atoms in total. The van der Waals surface area contributed by atoms with Crippen LogP contribution in [0.3, 0.4) is 0 Å². The summed E-state index contributed by atoms with van der Waals surface area (Å²) in [5.74, 6) is -0.164. The molecule has 114 valence electrons. The van der Waals surface area contributed by atoms with Gasteiger partial charge in [-0.25, -0.2) is 4.98 Å². The lowest BCUT2D eigenvalue weighted by Crippen LogP contribution is -2.22. The van der Waals surface area contributed by atoms with Crippen molar-refractivity contribution in [2.24, 2.45) is 0 Å². The van der Waals surface area contributed by atoms with Crippen molar-refractivity contribution in [3.05, 3.63) is 59.4 Å². The molecule has 23 heavy (non-hydrogen) atoms. The van der Waals surface area contributed by atoms with Crippen LogP contribution in [0.1, 0.15) is 21.5 Å². The van der Waals surface area contributed by atoms with Crippen LogP contribution >= 0.6 is 0 Å². The normalized spacial score (nSPS) is 13.0. The Morgan fingerprint density at radius 1 is 1.26 bits per heavy atom. The molecule has 0 fully saturated rings. The molecule has 1 aliphatic heterocycles. The summed E-state index contributed by atoms with van der Waals surface area (Å²) in [6, 6.07) is 9.40. The first-order valence-electron chi connectivity index (χ1n) is 7.32. The van der Waals surface area contributed by atoms with Gasteiger partial charge in [-0.15, -0.1) is 0 Å². The molecule has 4 rings (SSSR count). The van der Waals surface area contributed by atoms with Crippen LogP contribution in [-0.2, 0) is 17.8 Å². The molecule has 3 N–H and O–H groups in total. The van der Waals surface area contributed by atoms with Crippen LogP contribution in [0.5, 0.6) is 0 Å². The smallest absolute Gasteiger partial charge is 0.253 e. The van der Waals surface area contributed by atoms with Gasteiger partial charge in [0, 0.05) is 30.0 Å². The van der Waals surface area contributed by atoms with Gasteiger partial charge in [-0.05, 0) is 29.3 Å². The number of carbonyl (C=O) groups excluding carboxylic acids is 2. The number of benzene rings is 1. The number of pyridine rings is 1. The zero-order valence-corrected chi connectivity index (χ0v) is 12.2. The quantitative estimate of drug-likeness (QED) is 0.691. The van der Waals surface area contributed by atoms with E-state index in [-0.39, 0.29) is 11.8 Å². The molecule has 0 unspecified atom stereocenters. The van der Waals surface area contributed by atoms with Crippen LogP contribution in [0, 0.1) is 0 Å². The predicted octanol–water partition coefficient (Wildman–Crippen LogP) is 1.99. The van der Waals surface area contributed by atoms with E-state index in [2.05, 4.69) is 20.6 Å². The second-order valence-corrected chi connectivity index (χ2v) is 5.54. The number of fused-ring (bicyclic) bond motifs is 2. The predicted molar refractivity (Wildman–Crippen MR) is 86.0 cm³/mol. The summed E-state index contributed by atoms with van der Waals surface area (Å²) < 4.78 is 0. The Labute approximate surface area is 131 Å². The zero-order valence-electron chi connectivity index (χ0n) is 12.2. The third-order valence-electron chi connectivity index (χ3n) is 3.91. The Balaban J connectivity index is 1.47. The van der Waals surface area contributed by atoms with E-state index in [0.29, 0.717) is 18.5 Å². The SMILES string of the molecule is O=C1Cc2cc(CNC(=O)c3cnc4[nH]ccc4c3)ccc2N1. The number of rotatable bonds is 3. The average molecular weight is 306 g/mol. The van der Waals surface area contributed by atoms with Crippen molar-refractivity contribution in [3.63, 3.8) is 0 Å². The summed E-state index contributed by atoms with van der Waals surface area (Å²) in [6.45, 7) is 0.408. The lowest BCUT2D eigenvalue weighted by molar-refractivity contribution is -0.115. The highest BCUT2D eigenvalue weighted by Crippen LogP contribution is 2.23. The molecule has 0 aliphatic carbocycles. The van der Waals surface area contributed by atoms with E-state index in [1.54, 1.807) is 18.5 Å². The topological polar surface area (TPSA) is 86.9 Å². The number of hydrogen-bond acceptors (Lipinski definition) is 3. The first-order chi connectivity index (χ1) is 11.2. The molecule has 0 saturated heterocycles. The van der Waals surface area contributed by atoms with Gasteiger partial charge in [0.25, 0.3) is 5.91 Å². The van der Waals surface area contributed by atoms with E-state index in [9.17, 15) is 9.59 Å². The lowest BCUT2D eigenvalue weighted by Gasteiger charge is -2.07. The van der Waals surface area contributed by atoms with E-state index >= 15 is 0 Å². The van der Waals surface area contributed by atoms with Gasteiger partial charge >= 0.3 is 0 Å². The van der Waals surface area contributed by atoms with Crippen molar-refractivity contribution in [1.82, 2.24) is 15.3 Å². The van der Waals surface area contributed by atoms with Crippen molar-refractivity contribution in [2.45, 2.75) is 13.0 Å². The van der Waals surface area contributed by atoms with Crippen LogP contribution in [0.15, 0.2) is 42.7 Å². The molecule has 1 aliphatic rings. The van der Waals surface area contributed by atoms with E-state index in [4.69, 9.17) is 0 Å². The van der Waals surface area contributed by atoms with Crippen LogP contribution < -0.4 is 10.6 Å². The van der Waals surface area contributed by atoms with Gasteiger partial charge in [-0.2, -0.15) is 0 Å². The molecule has 6 heteroatoms. The lowest BCUT2D eigenvalue weighted by atomic mass is 10.1. The Hall–Kier alpha value is -3.15. The van der Waals surface area contributed by atoms with E-state index in [1.807, 2.05) is 24.3 Å². The van der Waals surface area contributed by atoms with Crippen molar-refractivity contribution in [3.8, 4) is 0 Å². The molecule has 0 bridgehead atoms. The van der Waals surface area contributed by atoms with Gasteiger partial charge < -0.3 is 15.6 Å². The highest BCUT2D eigenvalue weighted by Gasteiger charge is 2.17. The maximum atomic E-state index is 12.2. The van der Waals surface area contributed by atoms with E-state index < -0.39 is 0 Å². The highest BCUT2D eigenvalue weighted by molar-refractivity contribution is 5.99. The molecular formula is C17H14N4O2. The molecule has 0 saturated carbocycles. The molecule has 3 aromatic rings. The maximum absolute atomic E-state index is 12.2. The summed E-state index contributed by atoms with van der Waals surface area (Å²) in [7, 11) is 0. The second-order valence-electron chi connectivity index (χ2n) is 5.54. The molecule has 0 radical (unpaired) electrons. The van der Waals surface area contributed by atoms with Crippen LogP contribution in [-0.4, -0.2) is 21.8 Å². The Morgan fingerprint density at radius 3 is 3.09 bits per heavy atom. The van der Waals surface area contributed by atoms with Gasteiger partial charge in [0.2, 0.25) is 5.91 Å². The minimum absolute atomic E-state index is 0.00654. The number of carbonyl (C=O) groups is 2. The Morgan fingerprint density at radius 2 is 2.17 bits per heavy atom. The van der Waals surface area contributed by atoms with Crippen molar-refractivity contribution < 1.29 is 9.59 Å². The number of aromatic amines is 1. The van der Waals surface area contributed by atoms with E-state index in [1.165, 1.54) is 0 Å². The number of amides is 2. The molecule has 1 aromatic carbocycles. The largest absolute Gasteiger partial charge is 0.348 e. The fourth-order valence-corrected chi connectivity index (χ4v) is 2.74. The third kappa shape index (κ3) is 2.55. The minimum atomic E-state index is -0.171. The summed E-state index contributed by atoms with van der Waals surface area (Å²) in [5, 5.41) is 6.57. The Kier molecular flexibility index (Phi) is 3.08. The highest BCUT2D eigenvalue weighted by atomic mass is 16.2. The summed E-state index contributed by atoms with van der Waals surface area (Å²) in [5.41, 5.74) is 4.07. The molecule has 0 atom stereocenters. The van der Waals surface area contributed by atoms with Gasteiger partial charge in [-0.3, -0.25) is 9.59 Å². The minimum Gasteiger partial charge on any atom is -0.348 e. The van der Waals surface area contributed by atoms with Crippen LogP contribution in [0.4, 0.5) is 5.69 Å². The fraction of sp³-hybridized carbons (Fsp3) is 0.118. The zero-order chi connectivity index (χ0) is 15.8. The first-order valence-corrected chi connectivity index (χ1v) is 7.32. The van der Waals surface area contributed by atoms with Crippen molar-refractivity contribution >= 4 is 28.5 Å². The molecule has 2 amide bonds. The maximum Gasteiger partial charge on any atom is 0.253 e. The van der Waals surface area contributed by atoms with Crippen LogP contribution in [0.2, 0.25) is 0 Å². The fourth-order valence-electron chi connectivity index (χ4n) is 2.74. The first kappa shape index (κ1) is 13.5. The number of nitrogens with zero attached hydrogens (tertiary/aromatic N) is 1. The van der Waals surface area contributed by atoms with Crippen LogP contribution in [0.25, 0.3) is 11.0 Å². The molecular weight excluding hydrogens is 292 g/mol. The second kappa shape index (κ2) is 5.24. The standard InChI is InChI=1S/C17H14N4O2/c22-15-7-12-5-10(1-2-14(12)21-15)8-20-17(23)13-6-11-3-4-18-16(11)19-9-13/h1-6,9H,7-8H2,(H,18,19)(H,20,23)(H,21,22).